The van der Waals surface area contributed by atoms with Crippen molar-refractivity contribution in [1.29, 1.82) is 0 Å². The van der Waals surface area contributed by atoms with Gasteiger partial charge in [-0.3, -0.25) is 4.98 Å². The highest BCUT2D eigenvalue weighted by molar-refractivity contribution is 7.98. The van der Waals surface area contributed by atoms with Gasteiger partial charge in [0.15, 0.2) is 0 Å². The maximum Gasteiger partial charge on any atom is 0.0372 e. The van der Waals surface area contributed by atoms with Crippen molar-refractivity contribution >= 4 is 11.8 Å². The average Bonchev–Trinajstić information content (AvgIpc) is 2.48. The van der Waals surface area contributed by atoms with Gasteiger partial charge in [0.1, 0.15) is 0 Å². The van der Waals surface area contributed by atoms with Crippen LogP contribution in [-0.2, 0) is 6.42 Å². The number of nitrogens with one attached hydrogen (secondary N) is 1. The van der Waals surface area contributed by atoms with E-state index in [-0.39, 0.29) is 0 Å². The Morgan fingerprint density at radius 2 is 2.05 bits per heavy atom. The molecular weight excluding hydrogens is 252 g/mol. The molecule has 100 valence electrons. The molecule has 0 fully saturated rings. The Labute approximate surface area is 119 Å². The highest BCUT2D eigenvalue weighted by Crippen LogP contribution is 2.27. The van der Waals surface area contributed by atoms with Gasteiger partial charge in [-0.2, -0.15) is 0 Å². The Bertz CT molecular complexity index is 499. The molecule has 1 heterocycles. The molecule has 0 radical (unpaired) electrons. The summed E-state index contributed by atoms with van der Waals surface area (Å²) in [5, 5.41) is 3.58. The standard InChI is InChI=1S/C16H20N2S/c1-3-18-15(11-13-7-6-10-17-12-13)14-8-4-5-9-16(14)19-2/h4-10,12,15,18H,3,11H2,1-2H3. The SMILES string of the molecule is CCNC(Cc1cccnc1)c1ccccc1SC. The number of thioether (sulfide) groups is 1. The quantitative estimate of drug-likeness (QED) is 0.812. The number of likely N-dealkylation sites (N-methyl/N-ethyl adjacent to an activating group) is 1. The highest BCUT2D eigenvalue weighted by atomic mass is 32.2. The van der Waals surface area contributed by atoms with Crippen molar-refractivity contribution in [2.24, 2.45) is 0 Å². The lowest BCUT2D eigenvalue weighted by Crippen LogP contribution is -2.23. The number of pyridine rings is 1. The molecule has 1 atom stereocenters. The Kier molecular flexibility index (Phi) is 5.43. The minimum atomic E-state index is 0.345. The van der Waals surface area contributed by atoms with Crippen LogP contribution in [0, 0.1) is 0 Å². The lowest BCUT2D eigenvalue weighted by Gasteiger charge is -2.20. The van der Waals surface area contributed by atoms with E-state index in [4.69, 9.17) is 0 Å². The number of nitrogens with zero attached hydrogens (tertiary/aromatic N) is 1. The van der Waals surface area contributed by atoms with Gasteiger partial charge in [0, 0.05) is 23.3 Å². The molecule has 0 spiro atoms. The maximum absolute atomic E-state index is 4.20. The monoisotopic (exact) mass is 272 g/mol. The van der Waals surface area contributed by atoms with Crippen LogP contribution in [0.2, 0.25) is 0 Å². The van der Waals surface area contributed by atoms with Gasteiger partial charge in [-0.15, -0.1) is 11.8 Å². The number of benzene rings is 1. The molecule has 0 aliphatic carbocycles. The van der Waals surface area contributed by atoms with E-state index in [1.165, 1.54) is 16.0 Å². The summed E-state index contributed by atoms with van der Waals surface area (Å²) in [6, 6.07) is 13.1. The molecule has 0 amide bonds. The molecule has 2 nitrogen and oxygen atoms in total. The number of rotatable bonds is 6. The third kappa shape index (κ3) is 3.82. The van der Waals surface area contributed by atoms with Crippen molar-refractivity contribution in [2.45, 2.75) is 24.3 Å². The molecule has 19 heavy (non-hydrogen) atoms. The topological polar surface area (TPSA) is 24.9 Å². The van der Waals surface area contributed by atoms with Crippen LogP contribution in [0.15, 0.2) is 53.7 Å². The third-order valence-corrected chi connectivity index (χ3v) is 3.94. The zero-order valence-corrected chi connectivity index (χ0v) is 12.3. The lowest BCUT2D eigenvalue weighted by atomic mass is 10.00. The summed E-state index contributed by atoms with van der Waals surface area (Å²) in [5.41, 5.74) is 2.64. The van der Waals surface area contributed by atoms with Crippen molar-refractivity contribution in [3.05, 3.63) is 59.9 Å². The molecular formula is C16H20N2S. The number of aromatic nitrogens is 1. The van der Waals surface area contributed by atoms with Crippen LogP contribution in [0.4, 0.5) is 0 Å². The smallest absolute Gasteiger partial charge is 0.0372 e. The van der Waals surface area contributed by atoms with E-state index >= 15 is 0 Å². The lowest BCUT2D eigenvalue weighted by molar-refractivity contribution is 0.542. The first-order chi connectivity index (χ1) is 9.35. The van der Waals surface area contributed by atoms with Gasteiger partial charge in [0.25, 0.3) is 0 Å². The predicted octanol–water partition coefficient (Wildman–Crippen LogP) is 3.70. The van der Waals surface area contributed by atoms with Gasteiger partial charge in [0.05, 0.1) is 0 Å². The van der Waals surface area contributed by atoms with Crippen molar-refractivity contribution in [3.8, 4) is 0 Å². The Morgan fingerprint density at radius 3 is 2.74 bits per heavy atom. The van der Waals surface area contributed by atoms with E-state index < -0.39 is 0 Å². The molecule has 2 rings (SSSR count). The normalized spacial score (nSPS) is 12.3. The van der Waals surface area contributed by atoms with Crippen molar-refractivity contribution in [3.63, 3.8) is 0 Å². The molecule has 1 aromatic carbocycles. The molecule has 0 aliphatic rings. The Hall–Kier alpha value is -1.32. The van der Waals surface area contributed by atoms with Crippen LogP contribution < -0.4 is 5.32 Å². The molecule has 1 unspecified atom stereocenters. The molecule has 0 bridgehead atoms. The molecule has 0 saturated carbocycles. The molecule has 2 aromatic rings. The minimum absolute atomic E-state index is 0.345. The minimum Gasteiger partial charge on any atom is -0.310 e. The van der Waals surface area contributed by atoms with Crippen LogP contribution in [0.1, 0.15) is 24.1 Å². The Balaban J connectivity index is 2.24. The first-order valence-corrected chi connectivity index (χ1v) is 7.82. The zero-order chi connectivity index (χ0) is 13.5. The predicted molar refractivity (Wildman–Crippen MR) is 82.6 cm³/mol. The molecule has 0 saturated heterocycles. The Morgan fingerprint density at radius 1 is 1.21 bits per heavy atom. The van der Waals surface area contributed by atoms with E-state index in [9.17, 15) is 0 Å². The summed E-state index contributed by atoms with van der Waals surface area (Å²) >= 11 is 1.80. The molecule has 1 N–H and O–H groups in total. The second kappa shape index (κ2) is 7.31. The fraction of sp³-hybridized carbons (Fsp3) is 0.312. The summed E-state index contributed by atoms with van der Waals surface area (Å²) in [6.45, 7) is 3.12. The van der Waals surface area contributed by atoms with Crippen LogP contribution in [0.25, 0.3) is 0 Å². The molecule has 3 heteroatoms. The first-order valence-electron chi connectivity index (χ1n) is 6.60. The van der Waals surface area contributed by atoms with Crippen LogP contribution in [-0.4, -0.2) is 17.8 Å². The van der Waals surface area contributed by atoms with Gasteiger partial charge in [-0.25, -0.2) is 0 Å². The second-order valence-electron chi connectivity index (χ2n) is 4.42. The van der Waals surface area contributed by atoms with Gasteiger partial charge >= 0.3 is 0 Å². The molecule has 1 aromatic heterocycles. The zero-order valence-electron chi connectivity index (χ0n) is 11.5. The highest BCUT2D eigenvalue weighted by Gasteiger charge is 2.14. The summed E-state index contributed by atoms with van der Waals surface area (Å²) in [6.07, 6.45) is 6.87. The maximum atomic E-state index is 4.20. The van der Waals surface area contributed by atoms with Crippen molar-refractivity contribution < 1.29 is 0 Å². The summed E-state index contributed by atoms with van der Waals surface area (Å²) in [5.74, 6) is 0. The number of hydrogen-bond acceptors (Lipinski definition) is 3. The van der Waals surface area contributed by atoms with E-state index in [1.54, 1.807) is 11.8 Å². The van der Waals surface area contributed by atoms with Crippen LogP contribution in [0.5, 0.6) is 0 Å². The van der Waals surface area contributed by atoms with Gasteiger partial charge in [0.2, 0.25) is 0 Å². The summed E-state index contributed by atoms with van der Waals surface area (Å²) in [7, 11) is 0. The third-order valence-electron chi connectivity index (χ3n) is 3.13. The van der Waals surface area contributed by atoms with Gasteiger partial charge < -0.3 is 5.32 Å². The summed E-state index contributed by atoms with van der Waals surface area (Å²) < 4.78 is 0. The largest absolute Gasteiger partial charge is 0.310 e. The van der Waals surface area contributed by atoms with Crippen LogP contribution in [0.3, 0.4) is 0 Å². The average molecular weight is 272 g/mol. The van der Waals surface area contributed by atoms with E-state index in [0.717, 1.165) is 13.0 Å². The van der Waals surface area contributed by atoms with Crippen LogP contribution >= 0.6 is 11.8 Å². The fourth-order valence-corrected chi connectivity index (χ4v) is 2.91. The first kappa shape index (κ1) is 14.1. The van der Waals surface area contributed by atoms with E-state index in [1.807, 2.05) is 18.5 Å². The van der Waals surface area contributed by atoms with E-state index in [2.05, 4.69) is 53.8 Å². The fourth-order valence-electron chi connectivity index (χ4n) is 2.25. The second-order valence-corrected chi connectivity index (χ2v) is 5.27. The van der Waals surface area contributed by atoms with Gasteiger partial charge in [-0.05, 0) is 42.5 Å². The summed E-state index contributed by atoms with van der Waals surface area (Å²) in [4.78, 5) is 5.55. The number of hydrogen-bond donors (Lipinski definition) is 1. The van der Waals surface area contributed by atoms with Gasteiger partial charge in [-0.1, -0.05) is 31.2 Å². The van der Waals surface area contributed by atoms with E-state index in [0.29, 0.717) is 6.04 Å². The molecule has 0 aliphatic heterocycles. The van der Waals surface area contributed by atoms with Crippen molar-refractivity contribution in [1.82, 2.24) is 10.3 Å². The van der Waals surface area contributed by atoms with Crippen molar-refractivity contribution in [2.75, 3.05) is 12.8 Å².